The minimum atomic E-state index is -3.56. The SMILES string of the molecule is Cc1cccc(-c2nc(Cn3cnc(S(=O)(=O)N4CCC(C)CC4)c3)no2)c1. The molecule has 0 aliphatic carbocycles. The molecule has 28 heavy (non-hydrogen) atoms. The third kappa shape index (κ3) is 3.85. The molecule has 8 nitrogen and oxygen atoms in total. The first-order valence-electron chi connectivity index (χ1n) is 9.33. The first kappa shape index (κ1) is 18.8. The summed E-state index contributed by atoms with van der Waals surface area (Å²) in [6.45, 7) is 5.52. The molecule has 0 N–H and O–H groups in total. The third-order valence-corrected chi connectivity index (χ3v) is 6.80. The fourth-order valence-electron chi connectivity index (χ4n) is 3.29. The Morgan fingerprint density at radius 3 is 2.79 bits per heavy atom. The highest BCUT2D eigenvalue weighted by molar-refractivity contribution is 7.89. The van der Waals surface area contributed by atoms with Gasteiger partial charge in [0.25, 0.3) is 15.9 Å². The molecular formula is C19H23N5O3S. The Morgan fingerprint density at radius 2 is 2.04 bits per heavy atom. The number of rotatable bonds is 5. The molecule has 1 aromatic carbocycles. The fraction of sp³-hybridized carbons (Fsp3) is 0.421. The standard InChI is InChI=1S/C19H23N5O3S/c1-14-6-8-24(9-7-14)28(25,26)18-12-23(13-20-18)11-17-21-19(27-22-17)16-5-3-4-15(2)10-16/h3-5,10,12-14H,6-9,11H2,1-2H3. The summed E-state index contributed by atoms with van der Waals surface area (Å²) in [5.74, 6) is 1.46. The Bertz CT molecular complexity index is 1060. The van der Waals surface area contributed by atoms with Crippen LogP contribution in [0, 0.1) is 12.8 Å². The first-order valence-corrected chi connectivity index (χ1v) is 10.8. The molecule has 1 aliphatic heterocycles. The number of aryl methyl sites for hydroxylation is 1. The van der Waals surface area contributed by atoms with E-state index in [0.29, 0.717) is 30.7 Å². The Kier molecular flexibility index (Phi) is 5.03. The Labute approximate surface area is 164 Å². The zero-order chi connectivity index (χ0) is 19.7. The van der Waals surface area contributed by atoms with Crippen LogP contribution in [0.5, 0.6) is 0 Å². The van der Waals surface area contributed by atoms with Crippen molar-refractivity contribution in [3.8, 4) is 11.5 Å². The molecule has 9 heteroatoms. The lowest BCUT2D eigenvalue weighted by atomic mass is 10.0. The van der Waals surface area contributed by atoms with Crippen LogP contribution in [0.1, 0.15) is 31.2 Å². The van der Waals surface area contributed by atoms with E-state index in [1.165, 1.54) is 16.8 Å². The molecule has 0 unspecified atom stereocenters. The predicted octanol–water partition coefficient (Wildman–Crippen LogP) is 2.71. The number of benzene rings is 1. The van der Waals surface area contributed by atoms with Crippen LogP contribution < -0.4 is 0 Å². The first-order chi connectivity index (χ1) is 13.4. The Morgan fingerprint density at radius 1 is 1.25 bits per heavy atom. The maximum absolute atomic E-state index is 12.8. The van der Waals surface area contributed by atoms with Crippen molar-refractivity contribution in [1.29, 1.82) is 0 Å². The highest BCUT2D eigenvalue weighted by Crippen LogP contribution is 2.23. The van der Waals surface area contributed by atoms with Crippen molar-refractivity contribution in [2.75, 3.05) is 13.1 Å². The molecule has 0 atom stereocenters. The number of hydrogen-bond donors (Lipinski definition) is 0. The Balaban J connectivity index is 1.48. The smallest absolute Gasteiger partial charge is 0.262 e. The average molecular weight is 401 g/mol. The van der Waals surface area contributed by atoms with Gasteiger partial charge < -0.3 is 9.09 Å². The normalized spacial score (nSPS) is 16.5. The van der Waals surface area contributed by atoms with E-state index in [1.54, 1.807) is 4.57 Å². The summed E-state index contributed by atoms with van der Waals surface area (Å²) in [7, 11) is -3.56. The van der Waals surface area contributed by atoms with E-state index in [4.69, 9.17) is 4.52 Å². The van der Waals surface area contributed by atoms with Gasteiger partial charge in [-0.25, -0.2) is 13.4 Å². The molecule has 148 valence electrons. The number of aromatic nitrogens is 4. The van der Waals surface area contributed by atoms with Gasteiger partial charge in [0.15, 0.2) is 10.9 Å². The van der Waals surface area contributed by atoms with Gasteiger partial charge in [-0.3, -0.25) is 0 Å². The predicted molar refractivity (Wildman–Crippen MR) is 103 cm³/mol. The van der Waals surface area contributed by atoms with Crippen molar-refractivity contribution in [2.45, 2.75) is 38.3 Å². The van der Waals surface area contributed by atoms with Crippen molar-refractivity contribution >= 4 is 10.0 Å². The van der Waals surface area contributed by atoms with Crippen molar-refractivity contribution in [3.63, 3.8) is 0 Å². The molecule has 1 saturated heterocycles. The number of nitrogens with zero attached hydrogens (tertiary/aromatic N) is 5. The lowest BCUT2D eigenvalue weighted by Crippen LogP contribution is -2.38. The van der Waals surface area contributed by atoms with E-state index in [-0.39, 0.29) is 11.6 Å². The second-order valence-corrected chi connectivity index (χ2v) is 9.24. The monoisotopic (exact) mass is 401 g/mol. The molecule has 0 radical (unpaired) electrons. The number of sulfonamides is 1. The van der Waals surface area contributed by atoms with Crippen LogP contribution in [0.15, 0.2) is 46.3 Å². The van der Waals surface area contributed by atoms with Crippen LogP contribution >= 0.6 is 0 Å². The number of hydrogen-bond acceptors (Lipinski definition) is 6. The molecule has 1 fully saturated rings. The molecule has 0 amide bonds. The zero-order valence-corrected chi connectivity index (χ0v) is 16.8. The molecule has 3 heterocycles. The van der Waals surface area contributed by atoms with Crippen molar-refractivity contribution in [2.24, 2.45) is 5.92 Å². The molecule has 2 aromatic heterocycles. The summed E-state index contributed by atoms with van der Waals surface area (Å²) in [5, 5.41) is 4.05. The topological polar surface area (TPSA) is 94.1 Å². The minimum Gasteiger partial charge on any atom is -0.334 e. The average Bonchev–Trinajstić information content (AvgIpc) is 3.33. The zero-order valence-electron chi connectivity index (χ0n) is 15.9. The summed E-state index contributed by atoms with van der Waals surface area (Å²) in [5.41, 5.74) is 1.96. The van der Waals surface area contributed by atoms with Crippen LogP contribution in [0.2, 0.25) is 0 Å². The van der Waals surface area contributed by atoms with Crippen molar-refractivity contribution < 1.29 is 12.9 Å². The van der Waals surface area contributed by atoms with Gasteiger partial charge >= 0.3 is 0 Å². The molecule has 4 rings (SSSR count). The van der Waals surface area contributed by atoms with Crippen LogP contribution in [-0.4, -0.2) is 45.5 Å². The van der Waals surface area contributed by atoms with Crippen LogP contribution in [0.25, 0.3) is 11.5 Å². The summed E-state index contributed by atoms with van der Waals surface area (Å²) in [6.07, 6.45) is 4.77. The van der Waals surface area contributed by atoms with Crippen LogP contribution in [0.3, 0.4) is 0 Å². The maximum Gasteiger partial charge on any atom is 0.262 e. The van der Waals surface area contributed by atoms with Gasteiger partial charge in [-0.1, -0.05) is 29.8 Å². The highest BCUT2D eigenvalue weighted by atomic mass is 32.2. The molecular weight excluding hydrogens is 378 g/mol. The maximum atomic E-state index is 12.8. The summed E-state index contributed by atoms with van der Waals surface area (Å²) < 4.78 is 34.1. The van der Waals surface area contributed by atoms with E-state index in [1.807, 2.05) is 31.2 Å². The lowest BCUT2D eigenvalue weighted by Gasteiger charge is -2.28. The molecule has 3 aromatic rings. The quantitative estimate of drug-likeness (QED) is 0.652. The van der Waals surface area contributed by atoms with Gasteiger partial charge in [-0.05, 0) is 37.8 Å². The third-order valence-electron chi connectivity index (χ3n) is 5.01. The van der Waals surface area contributed by atoms with Crippen LogP contribution in [0.4, 0.5) is 0 Å². The molecule has 0 bridgehead atoms. The lowest BCUT2D eigenvalue weighted by molar-refractivity contribution is 0.287. The highest BCUT2D eigenvalue weighted by Gasteiger charge is 2.29. The summed E-state index contributed by atoms with van der Waals surface area (Å²) >= 11 is 0. The van der Waals surface area contributed by atoms with E-state index in [9.17, 15) is 8.42 Å². The fourth-order valence-corrected chi connectivity index (χ4v) is 4.70. The van der Waals surface area contributed by atoms with Gasteiger partial charge in [0.05, 0.1) is 12.9 Å². The second-order valence-electron chi connectivity index (χ2n) is 7.36. The summed E-state index contributed by atoms with van der Waals surface area (Å²) in [4.78, 5) is 8.50. The van der Waals surface area contributed by atoms with Gasteiger partial charge in [0.1, 0.15) is 0 Å². The van der Waals surface area contributed by atoms with Gasteiger partial charge in [0.2, 0.25) is 0 Å². The van der Waals surface area contributed by atoms with Gasteiger partial charge in [0, 0.05) is 24.8 Å². The number of imidazole rings is 1. The molecule has 0 spiro atoms. The van der Waals surface area contributed by atoms with E-state index < -0.39 is 10.0 Å². The number of piperidine rings is 1. The van der Waals surface area contributed by atoms with Gasteiger partial charge in [-0.15, -0.1) is 0 Å². The Hall–Kier alpha value is -2.52. The van der Waals surface area contributed by atoms with E-state index in [0.717, 1.165) is 24.0 Å². The van der Waals surface area contributed by atoms with E-state index >= 15 is 0 Å². The largest absolute Gasteiger partial charge is 0.334 e. The minimum absolute atomic E-state index is 0.0597. The molecule has 0 saturated carbocycles. The van der Waals surface area contributed by atoms with Gasteiger partial charge in [-0.2, -0.15) is 9.29 Å². The second kappa shape index (κ2) is 7.48. The van der Waals surface area contributed by atoms with Crippen molar-refractivity contribution in [3.05, 3.63) is 48.2 Å². The molecule has 1 aliphatic rings. The van der Waals surface area contributed by atoms with E-state index in [2.05, 4.69) is 22.0 Å². The van der Waals surface area contributed by atoms with Crippen LogP contribution in [-0.2, 0) is 16.6 Å². The summed E-state index contributed by atoms with van der Waals surface area (Å²) in [6, 6.07) is 7.81. The van der Waals surface area contributed by atoms with Crippen molar-refractivity contribution in [1.82, 2.24) is 24.0 Å².